The molecule has 3 rings (SSSR count). The minimum absolute atomic E-state index is 0.00143. The fourth-order valence-electron chi connectivity index (χ4n) is 2.38. The molecular weight excluding hydrogens is 360 g/mol. The molecule has 0 atom stereocenters. The van der Waals surface area contributed by atoms with Crippen molar-refractivity contribution in [1.29, 1.82) is 0 Å². The molecule has 2 aromatic rings. The van der Waals surface area contributed by atoms with Gasteiger partial charge >= 0.3 is 0 Å². The first-order valence-corrected chi connectivity index (χ1v) is 8.20. The van der Waals surface area contributed by atoms with Crippen LogP contribution < -0.4 is 9.64 Å². The fraction of sp³-hybridized carbons (Fsp3) is 0.312. The van der Waals surface area contributed by atoms with Crippen molar-refractivity contribution in [3.05, 3.63) is 47.2 Å². The van der Waals surface area contributed by atoms with E-state index in [0.717, 1.165) is 17.6 Å². The van der Waals surface area contributed by atoms with Crippen LogP contribution in [0, 0.1) is 0 Å². The average molecular weight is 377 g/mol. The third-order valence-electron chi connectivity index (χ3n) is 3.64. The van der Waals surface area contributed by atoms with Gasteiger partial charge in [-0.25, -0.2) is 9.97 Å². The van der Waals surface area contributed by atoms with Crippen LogP contribution in [0.25, 0.3) is 0 Å². The monoisotopic (exact) mass is 376 g/mol. The van der Waals surface area contributed by atoms with Crippen molar-refractivity contribution in [2.75, 3.05) is 37.7 Å². The second-order valence-corrected chi connectivity index (χ2v) is 6.07. The molecule has 1 amide bonds. The molecule has 1 saturated heterocycles. The highest BCUT2D eigenvalue weighted by molar-refractivity contribution is 9.10. The normalized spacial score (nSPS) is 14.7. The maximum Gasteiger partial charge on any atom is 0.260 e. The van der Waals surface area contributed by atoms with Gasteiger partial charge < -0.3 is 14.5 Å². The highest BCUT2D eigenvalue weighted by Crippen LogP contribution is 2.16. The lowest BCUT2D eigenvalue weighted by Gasteiger charge is -2.34. The third-order valence-corrected chi connectivity index (χ3v) is 4.17. The average Bonchev–Trinajstić information content (AvgIpc) is 2.62. The van der Waals surface area contributed by atoms with E-state index in [-0.39, 0.29) is 12.5 Å². The number of aromatic nitrogens is 2. The van der Waals surface area contributed by atoms with Gasteiger partial charge in [-0.2, -0.15) is 0 Å². The van der Waals surface area contributed by atoms with E-state index >= 15 is 0 Å². The number of halogens is 1. The van der Waals surface area contributed by atoms with Crippen LogP contribution in [0.2, 0.25) is 0 Å². The number of benzene rings is 1. The molecule has 0 saturated carbocycles. The van der Waals surface area contributed by atoms with E-state index in [0.29, 0.717) is 24.8 Å². The first-order chi connectivity index (χ1) is 11.2. The first-order valence-electron chi connectivity index (χ1n) is 7.40. The summed E-state index contributed by atoms with van der Waals surface area (Å²) in [5.74, 6) is 1.41. The largest absolute Gasteiger partial charge is 0.484 e. The van der Waals surface area contributed by atoms with E-state index in [4.69, 9.17) is 4.74 Å². The summed E-state index contributed by atoms with van der Waals surface area (Å²) in [6.45, 7) is 2.83. The van der Waals surface area contributed by atoms with Gasteiger partial charge in [0.15, 0.2) is 6.61 Å². The minimum atomic E-state index is 0.00143. The Kier molecular flexibility index (Phi) is 5.07. The number of carbonyl (C=O) groups excluding carboxylic acids is 1. The smallest absolute Gasteiger partial charge is 0.260 e. The maximum atomic E-state index is 12.2. The van der Waals surface area contributed by atoms with Gasteiger partial charge in [-0.15, -0.1) is 0 Å². The van der Waals surface area contributed by atoms with Gasteiger partial charge in [0.05, 0.1) is 0 Å². The predicted molar refractivity (Wildman–Crippen MR) is 90.5 cm³/mol. The Morgan fingerprint density at radius 2 is 1.74 bits per heavy atom. The van der Waals surface area contributed by atoms with Crippen molar-refractivity contribution in [1.82, 2.24) is 14.9 Å². The molecule has 0 bridgehead atoms. The zero-order valence-electron chi connectivity index (χ0n) is 12.6. The summed E-state index contributed by atoms with van der Waals surface area (Å²) in [4.78, 5) is 24.6. The lowest BCUT2D eigenvalue weighted by molar-refractivity contribution is -0.133. The number of hydrogen-bond acceptors (Lipinski definition) is 5. The molecule has 1 aliphatic heterocycles. The molecule has 1 fully saturated rings. The topological polar surface area (TPSA) is 58.6 Å². The zero-order chi connectivity index (χ0) is 16.1. The summed E-state index contributed by atoms with van der Waals surface area (Å²) in [6.07, 6.45) is 3.46. The molecule has 1 aromatic carbocycles. The van der Waals surface area contributed by atoms with Crippen LogP contribution >= 0.6 is 15.9 Å². The van der Waals surface area contributed by atoms with Crippen molar-refractivity contribution in [2.45, 2.75) is 0 Å². The van der Waals surface area contributed by atoms with Gasteiger partial charge in [-0.1, -0.05) is 15.9 Å². The Balaban J connectivity index is 1.47. The van der Waals surface area contributed by atoms with E-state index in [1.165, 1.54) is 0 Å². The van der Waals surface area contributed by atoms with Gasteiger partial charge in [-0.05, 0) is 30.3 Å². The predicted octanol–water partition coefficient (Wildman–Crippen LogP) is 1.97. The fourth-order valence-corrected chi connectivity index (χ4v) is 2.64. The molecular formula is C16H17BrN4O2. The number of ether oxygens (including phenoxy) is 1. The summed E-state index contributed by atoms with van der Waals surface area (Å²) in [6, 6.07) is 9.24. The van der Waals surface area contributed by atoms with E-state index < -0.39 is 0 Å². The van der Waals surface area contributed by atoms with Gasteiger partial charge in [-0.3, -0.25) is 4.79 Å². The van der Waals surface area contributed by atoms with Crippen molar-refractivity contribution in [3.8, 4) is 5.75 Å². The second-order valence-electron chi connectivity index (χ2n) is 5.16. The van der Waals surface area contributed by atoms with Crippen molar-refractivity contribution >= 4 is 27.8 Å². The molecule has 2 heterocycles. The molecule has 1 aromatic heterocycles. The SMILES string of the molecule is O=C(COc1ccc(Br)cc1)N1CCN(c2ncccn2)CC1. The van der Waals surface area contributed by atoms with E-state index in [9.17, 15) is 4.79 Å². The van der Waals surface area contributed by atoms with E-state index in [1.54, 1.807) is 18.5 Å². The number of piperazine rings is 1. The summed E-state index contributed by atoms with van der Waals surface area (Å²) in [5.41, 5.74) is 0. The molecule has 0 aliphatic carbocycles. The zero-order valence-corrected chi connectivity index (χ0v) is 14.1. The Bertz CT molecular complexity index is 643. The molecule has 1 aliphatic rings. The number of carbonyl (C=O) groups is 1. The van der Waals surface area contributed by atoms with Gasteiger partial charge in [0, 0.05) is 43.0 Å². The molecule has 0 spiro atoms. The third kappa shape index (κ3) is 4.19. The Hall–Kier alpha value is -2.15. The highest BCUT2D eigenvalue weighted by atomic mass is 79.9. The minimum Gasteiger partial charge on any atom is -0.484 e. The number of rotatable bonds is 4. The molecule has 0 N–H and O–H groups in total. The number of amides is 1. The van der Waals surface area contributed by atoms with Crippen LogP contribution in [0.3, 0.4) is 0 Å². The molecule has 23 heavy (non-hydrogen) atoms. The Morgan fingerprint density at radius 3 is 2.39 bits per heavy atom. The van der Waals surface area contributed by atoms with Crippen molar-refractivity contribution in [2.24, 2.45) is 0 Å². The van der Waals surface area contributed by atoms with Crippen molar-refractivity contribution < 1.29 is 9.53 Å². The van der Waals surface area contributed by atoms with Crippen LogP contribution in [0.5, 0.6) is 5.75 Å². The van der Waals surface area contributed by atoms with Crippen molar-refractivity contribution in [3.63, 3.8) is 0 Å². The van der Waals surface area contributed by atoms with Crippen LogP contribution in [-0.4, -0.2) is 53.6 Å². The van der Waals surface area contributed by atoms with Crippen LogP contribution in [0.1, 0.15) is 0 Å². The second kappa shape index (κ2) is 7.41. The summed E-state index contributed by atoms with van der Waals surface area (Å²) < 4.78 is 6.52. The van der Waals surface area contributed by atoms with Crippen LogP contribution in [0.4, 0.5) is 5.95 Å². The van der Waals surface area contributed by atoms with E-state index in [2.05, 4.69) is 30.8 Å². The van der Waals surface area contributed by atoms with Crippen LogP contribution in [-0.2, 0) is 4.79 Å². The lowest BCUT2D eigenvalue weighted by Crippen LogP contribution is -2.50. The maximum absolute atomic E-state index is 12.2. The summed E-state index contributed by atoms with van der Waals surface area (Å²) in [7, 11) is 0. The Labute approximate surface area is 143 Å². The number of nitrogens with zero attached hydrogens (tertiary/aromatic N) is 4. The summed E-state index contributed by atoms with van der Waals surface area (Å²) in [5, 5.41) is 0. The molecule has 6 nitrogen and oxygen atoms in total. The standard InChI is InChI=1S/C16H17BrN4O2/c17-13-2-4-14(5-3-13)23-12-15(22)20-8-10-21(11-9-20)16-18-6-1-7-19-16/h1-7H,8-12H2. The first kappa shape index (κ1) is 15.7. The van der Waals surface area contributed by atoms with Crippen LogP contribution in [0.15, 0.2) is 47.2 Å². The van der Waals surface area contributed by atoms with E-state index in [1.807, 2.05) is 29.2 Å². The number of anilines is 1. The quantitative estimate of drug-likeness (QED) is 0.816. The highest BCUT2D eigenvalue weighted by Gasteiger charge is 2.22. The van der Waals surface area contributed by atoms with Gasteiger partial charge in [0.1, 0.15) is 5.75 Å². The summed E-state index contributed by atoms with van der Waals surface area (Å²) >= 11 is 3.37. The molecule has 0 radical (unpaired) electrons. The van der Waals surface area contributed by atoms with Gasteiger partial charge in [0.25, 0.3) is 5.91 Å². The molecule has 7 heteroatoms. The molecule has 0 unspecified atom stereocenters. The lowest BCUT2D eigenvalue weighted by atomic mass is 10.3. The van der Waals surface area contributed by atoms with Gasteiger partial charge in [0.2, 0.25) is 5.95 Å². The number of hydrogen-bond donors (Lipinski definition) is 0. The Morgan fingerprint density at radius 1 is 1.09 bits per heavy atom. The molecule has 120 valence electrons.